The van der Waals surface area contributed by atoms with Crippen molar-refractivity contribution in [2.75, 3.05) is 18.9 Å². The third-order valence-corrected chi connectivity index (χ3v) is 2.60. The highest BCUT2D eigenvalue weighted by Gasteiger charge is 2.05. The average molecular weight is 251 g/mol. The van der Waals surface area contributed by atoms with Crippen LogP contribution in [-0.2, 0) is 11.2 Å². The molecule has 0 aliphatic carbocycles. The van der Waals surface area contributed by atoms with Crippen LogP contribution in [0.25, 0.3) is 0 Å². The maximum absolute atomic E-state index is 11.3. The Balaban J connectivity index is 0.00000196. The Morgan fingerprint density at radius 3 is 2.73 bits per heavy atom. The first-order valence-electron chi connectivity index (χ1n) is 4.53. The molecule has 2 N–H and O–H groups in total. The van der Waals surface area contributed by atoms with Crippen LogP contribution in [0, 0.1) is 0 Å². The van der Waals surface area contributed by atoms with Gasteiger partial charge in [-0.05, 0) is 13.5 Å². The fraction of sp³-hybridized carbons (Fsp3) is 0.625. The predicted molar refractivity (Wildman–Crippen MR) is 63.7 cm³/mol. The Bertz CT molecular complexity index is 305. The van der Waals surface area contributed by atoms with E-state index < -0.39 is 0 Å². The van der Waals surface area contributed by atoms with Crippen LogP contribution in [0.4, 0.5) is 5.13 Å². The van der Waals surface area contributed by atoms with Crippen LogP contribution in [0.15, 0.2) is 0 Å². The van der Waals surface area contributed by atoms with E-state index in [0.717, 1.165) is 11.4 Å². The molecule has 0 aliphatic heterocycles. The summed E-state index contributed by atoms with van der Waals surface area (Å²) in [4.78, 5) is 11.3. The second-order valence-corrected chi connectivity index (χ2v) is 3.82. The van der Waals surface area contributed by atoms with Crippen molar-refractivity contribution in [1.29, 1.82) is 0 Å². The first-order valence-corrected chi connectivity index (χ1v) is 5.34. The molecule has 0 unspecified atom stereocenters. The number of nitrogens with one attached hydrogen (secondary N) is 2. The van der Waals surface area contributed by atoms with Crippen molar-refractivity contribution in [3.8, 4) is 0 Å². The van der Waals surface area contributed by atoms with Crippen molar-refractivity contribution in [3.63, 3.8) is 0 Å². The van der Waals surface area contributed by atoms with Crippen LogP contribution < -0.4 is 10.6 Å². The minimum absolute atomic E-state index is 0. The van der Waals surface area contributed by atoms with Gasteiger partial charge in [0.25, 0.3) is 0 Å². The van der Waals surface area contributed by atoms with Crippen LogP contribution in [0.5, 0.6) is 0 Å². The van der Waals surface area contributed by atoms with Crippen molar-refractivity contribution >= 4 is 34.8 Å². The summed E-state index contributed by atoms with van der Waals surface area (Å²) in [7, 11) is 1.81. The summed E-state index contributed by atoms with van der Waals surface area (Å²) in [6, 6.07) is 0. The fourth-order valence-electron chi connectivity index (χ4n) is 0.867. The van der Waals surface area contributed by atoms with Gasteiger partial charge in [0.2, 0.25) is 11.0 Å². The lowest BCUT2D eigenvalue weighted by Crippen LogP contribution is -2.18. The van der Waals surface area contributed by atoms with E-state index in [9.17, 15) is 4.79 Å². The molecule has 0 aromatic carbocycles. The molecule has 0 bridgehead atoms. The van der Waals surface area contributed by atoms with Gasteiger partial charge >= 0.3 is 0 Å². The number of halogens is 1. The second kappa shape index (κ2) is 7.56. The van der Waals surface area contributed by atoms with Gasteiger partial charge in [0, 0.05) is 13.0 Å². The summed E-state index contributed by atoms with van der Waals surface area (Å²) in [5.41, 5.74) is 0. The van der Waals surface area contributed by atoms with Gasteiger partial charge in [-0.15, -0.1) is 22.6 Å². The Kier molecular flexibility index (Phi) is 7.19. The van der Waals surface area contributed by atoms with Gasteiger partial charge in [0.05, 0.1) is 0 Å². The number of rotatable bonds is 5. The minimum atomic E-state index is -0.0295. The lowest BCUT2D eigenvalue weighted by atomic mass is 10.4. The number of nitrogens with zero attached hydrogens (tertiary/aromatic N) is 2. The Hall–Kier alpha value is -0.720. The summed E-state index contributed by atoms with van der Waals surface area (Å²) in [5, 5.41) is 14.9. The normalized spacial score (nSPS) is 9.47. The number of carbonyl (C=O) groups is 1. The van der Waals surface area contributed by atoms with Crippen LogP contribution >= 0.6 is 23.7 Å². The van der Waals surface area contributed by atoms with E-state index in [2.05, 4.69) is 20.8 Å². The van der Waals surface area contributed by atoms with E-state index in [1.165, 1.54) is 11.3 Å². The molecule has 0 saturated heterocycles. The van der Waals surface area contributed by atoms with Gasteiger partial charge in [0.15, 0.2) is 0 Å². The zero-order chi connectivity index (χ0) is 10.4. The van der Waals surface area contributed by atoms with E-state index in [0.29, 0.717) is 18.1 Å². The smallest absolute Gasteiger partial charge is 0.227 e. The molecule has 0 spiro atoms. The maximum atomic E-state index is 11.3. The third-order valence-electron chi connectivity index (χ3n) is 1.62. The van der Waals surface area contributed by atoms with Crippen LogP contribution in [0.1, 0.15) is 18.4 Å². The molecular formula is C8H15ClN4OS. The molecule has 7 heteroatoms. The molecular weight excluding hydrogens is 236 g/mol. The zero-order valence-corrected chi connectivity index (χ0v) is 10.4. The quantitative estimate of drug-likeness (QED) is 0.821. The Labute approximate surface area is 99.1 Å². The highest BCUT2D eigenvalue weighted by molar-refractivity contribution is 7.15. The average Bonchev–Trinajstić information content (AvgIpc) is 2.62. The molecule has 0 radical (unpaired) electrons. The summed E-state index contributed by atoms with van der Waals surface area (Å²) >= 11 is 1.42. The largest absolute Gasteiger partial charge is 0.319 e. The lowest BCUT2D eigenvalue weighted by molar-refractivity contribution is -0.116. The maximum Gasteiger partial charge on any atom is 0.227 e. The summed E-state index contributed by atoms with van der Waals surface area (Å²) < 4.78 is 0. The molecule has 0 saturated carbocycles. The first-order chi connectivity index (χ1) is 6.76. The summed E-state index contributed by atoms with van der Waals surface area (Å²) in [5.74, 6) is -0.0295. The predicted octanol–water partition coefficient (Wildman–Crippen LogP) is 1.07. The molecule has 0 fully saturated rings. The van der Waals surface area contributed by atoms with Gasteiger partial charge in [-0.2, -0.15) is 0 Å². The number of carbonyl (C=O) groups excluding carboxylic acids is 1. The number of amides is 1. The Morgan fingerprint density at radius 2 is 2.20 bits per heavy atom. The van der Waals surface area contributed by atoms with Gasteiger partial charge in [-0.3, -0.25) is 4.79 Å². The van der Waals surface area contributed by atoms with E-state index in [1.807, 2.05) is 14.0 Å². The fourth-order valence-corrected chi connectivity index (χ4v) is 1.56. The molecule has 1 aromatic heterocycles. The monoisotopic (exact) mass is 250 g/mol. The summed E-state index contributed by atoms with van der Waals surface area (Å²) in [6.07, 6.45) is 1.31. The number of aryl methyl sites for hydroxylation is 1. The molecule has 86 valence electrons. The highest BCUT2D eigenvalue weighted by atomic mass is 35.5. The van der Waals surface area contributed by atoms with Crippen molar-refractivity contribution in [3.05, 3.63) is 5.01 Å². The van der Waals surface area contributed by atoms with Gasteiger partial charge < -0.3 is 10.6 Å². The minimum Gasteiger partial charge on any atom is -0.319 e. The lowest BCUT2D eigenvalue weighted by Gasteiger charge is -1.99. The van der Waals surface area contributed by atoms with Gasteiger partial charge in [-0.1, -0.05) is 18.3 Å². The van der Waals surface area contributed by atoms with E-state index in [1.54, 1.807) is 0 Å². The molecule has 1 heterocycles. The topological polar surface area (TPSA) is 66.9 Å². The van der Waals surface area contributed by atoms with E-state index in [-0.39, 0.29) is 18.3 Å². The SMILES string of the molecule is CCc1nnc(NC(=O)CCNC)s1.Cl. The van der Waals surface area contributed by atoms with Crippen LogP contribution in [0.3, 0.4) is 0 Å². The highest BCUT2D eigenvalue weighted by Crippen LogP contribution is 2.15. The Morgan fingerprint density at radius 1 is 1.47 bits per heavy atom. The number of hydrogen-bond donors (Lipinski definition) is 2. The van der Waals surface area contributed by atoms with Gasteiger partial charge in [-0.25, -0.2) is 0 Å². The summed E-state index contributed by atoms with van der Waals surface area (Å²) in [6.45, 7) is 2.68. The van der Waals surface area contributed by atoms with Crippen molar-refractivity contribution in [1.82, 2.24) is 15.5 Å². The van der Waals surface area contributed by atoms with Gasteiger partial charge in [0.1, 0.15) is 5.01 Å². The third kappa shape index (κ3) is 5.06. The van der Waals surface area contributed by atoms with Crippen molar-refractivity contribution in [2.24, 2.45) is 0 Å². The number of anilines is 1. The molecule has 1 amide bonds. The van der Waals surface area contributed by atoms with E-state index >= 15 is 0 Å². The molecule has 0 aliphatic rings. The van der Waals surface area contributed by atoms with Crippen LogP contribution in [-0.4, -0.2) is 29.7 Å². The molecule has 0 atom stereocenters. The molecule has 1 rings (SSSR count). The molecule has 1 aromatic rings. The molecule has 5 nitrogen and oxygen atoms in total. The van der Waals surface area contributed by atoms with Crippen molar-refractivity contribution < 1.29 is 4.79 Å². The zero-order valence-electron chi connectivity index (χ0n) is 8.74. The van der Waals surface area contributed by atoms with Crippen LogP contribution in [0.2, 0.25) is 0 Å². The number of hydrogen-bond acceptors (Lipinski definition) is 5. The second-order valence-electron chi connectivity index (χ2n) is 2.76. The number of aromatic nitrogens is 2. The van der Waals surface area contributed by atoms with E-state index in [4.69, 9.17) is 0 Å². The first kappa shape index (κ1) is 14.3. The van der Waals surface area contributed by atoms with Crippen molar-refractivity contribution in [2.45, 2.75) is 19.8 Å². The standard InChI is InChI=1S/C8H14N4OS.ClH/c1-3-7-11-12-8(14-7)10-6(13)4-5-9-2;/h9H,3-5H2,1-2H3,(H,10,12,13);1H. The molecule has 15 heavy (non-hydrogen) atoms.